The molecule has 0 fully saturated rings. The van der Waals surface area contributed by atoms with Gasteiger partial charge in [0.25, 0.3) is 10.0 Å². The first-order valence-corrected chi connectivity index (χ1v) is 12.8. The van der Waals surface area contributed by atoms with Crippen LogP contribution in [0.4, 0.5) is 11.4 Å². The van der Waals surface area contributed by atoms with E-state index in [1.54, 1.807) is 67.6 Å². The van der Waals surface area contributed by atoms with E-state index in [1.165, 1.54) is 0 Å². The Balaban J connectivity index is 1.47. The van der Waals surface area contributed by atoms with Crippen LogP contribution in [0.25, 0.3) is 0 Å². The van der Waals surface area contributed by atoms with Gasteiger partial charge in [-0.2, -0.15) is 0 Å². The molecule has 0 unspecified atom stereocenters. The number of aromatic carboxylic acids is 1. The van der Waals surface area contributed by atoms with Crippen molar-refractivity contribution in [2.45, 2.75) is 30.2 Å². The number of carboxylic acids is 1. The molecule has 0 radical (unpaired) electrons. The molecular formula is C26H22ClN2O4S-. The largest absolute Gasteiger partial charge is 0.545 e. The highest BCUT2D eigenvalue weighted by Gasteiger charge is 2.38. The highest BCUT2D eigenvalue weighted by atomic mass is 35.5. The van der Waals surface area contributed by atoms with E-state index in [0.717, 1.165) is 23.2 Å². The second-order valence-electron chi connectivity index (χ2n) is 8.65. The van der Waals surface area contributed by atoms with Crippen molar-refractivity contribution in [2.24, 2.45) is 5.92 Å². The van der Waals surface area contributed by atoms with Gasteiger partial charge in [-0.3, -0.25) is 4.72 Å². The number of carboxylic acid groups (broad SMARTS) is 1. The topological polar surface area (TPSA) is 98.3 Å². The molecule has 0 saturated carbocycles. The smallest absolute Gasteiger partial charge is 0.261 e. The lowest BCUT2D eigenvalue weighted by Crippen LogP contribution is -2.29. The monoisotopic (exact) mass is 493 g/mol. The van der Waals surface area contributed by atoms with E-state index in [9.17, 15) is 18.3 Å². The highest BCUT2D eigenvalue weighted by molar-refractivity contribution is 7.92. The number of nitrogens with one attached hydrogen (secondary N) is 2. The molecule has 8 heteroatoms. The zero-order valence-electron chi connectivity index (χ0n) is 18.3. The van der Waals surface area contributed by atoms with Crippen LogP contribution in [0.5, 0.6) is 0 Å². The fourth-order valence-corrected chi connectivity index (χ4v) is 6.15. The van der Waals surface area contributed by atoms with Gasteiger partial charge in [0.1, 0.15) is 0 Å². The van der Waals surface area contributed by atoms with Crippen molar-refractivity contribution < 1.29 is 18.3 Å². The van der Waals surface area contributed by atoms with Crippen LogP contribution < -0.4 is 15.1 Å². The summed E-state index contributed by atoms with van der Waals surface area (Å²) >= 11 is 6.15. The number of anilines is 2. The van der Waals surface area contributed by atoms with Crippen molar-refractivity contribution >= 4 is 39.0 Å². The standard InChI is InChI=1S/C26H23ClN2O4S/c1-15-22(27)6-3-7-23(15)29-34(32,33)18-12-13-24-21(14-18)19-4-2-5-20(19)25(28-24)16-8-10-17(11-9-16)26(30)31/h2-4,6-14,19-20,25,28-29H,5H2,1H3,(H,30,31)/p-1/t19-,20+,25+/m0/s1. The molecule has 174 valence electrons. The third-order valence-electron chi connectivity index (χ3n) is 6.66. The summed E-state index contributed by atoms with van der Waals surface area (Å²) in [5.74, 6) is -0.975. The molecule has 1 heterocycles. The second kappa shape index (κ2) is 8.49. The van der Waals surface area contributed by atoms with Crippen LogP contribution in [0.2, 0.25) is 5.02 Å². The summed E-state index contributed by atoms with van der Waals surface area (Å²) in [6.07, 6.45) is 5.07. The molecule has 0 bridgehead atoms. The minimum atomic E-state index is -3.82. The van der Waals surface area contributed by atoms with Gasteiger partial charge in [0.2, 0.25) is 0 Å². The van der Waals surface area contributed by atoms with E-state index in [0.29, 0.717) is 16.3 Å². The van der Waals surface area contributed by atoms with Gasteiger partial charge in [-0.05, 0) is 71.8 Å². The fraction of sp³-hybridized carbons (Fsp3) is 0.192. The highest BCUT2D eigenvalue weighted by Crippen LogP contribution is 2.50. The average molecular weight is 494 g/mol. The van der Waals surface area contributed by atoms with Crippen LogP contribution in [0, 0.1) is 12.8 Å². The van der Waals surface area contributed by atoms with Gasteiger partial charge in [0.05, 0.1) is 22.6 Å². The molecule has 6 nitrogen and oxygen atoms in total. The van der Waals surface area contributed by atoms with Gasteiger partial charge in [-0.15, -0.1) is 0 Å². The summed E-state index contributed by atoms with van der Waals surface area (Å²) in [6.45, 7) is 1.77. The Morgan fingerprint density at radius 2 is 1.88 bits per heavy atom. The van der Waals surface area contributed by atoms with Crippen LogP contribution in [-0.4, -0.2) is 14.4 Å². The molecule has 0 aromatic heterocycles. The lowest BCUT2D eigenvalue weighted by molar-refractivity contribution is -0.255. The van der Waals surface area contributed by atoms with E-state index in [1.807, 2.05) is 0 Å². The zero-order chi connectivity index (χ0) is 24.0. The molecule has 1 aliphatic carbocycles. The summed E-state index contributed by atoms with van der Waals surface area (Å²) < 4.78 is 29.0. The van der Waals surface area contributed by atoms with Crippen LogP contribution in [-0.2, 0) is 10.0 Å². The van der Waals surface area contributed by atoms with Gasteiger partial charge < -0.3 is 15.2 Å². The van der Waals surface area contributed by atoms with Crippen molar-refractivity contribution in [1.82, 2.24) is 0 Å². The van der Waals surface area contributed by atoms with E-state index >= 15 is 0 Å². The maximum Gasteiger partial charge on any atom is 0.261 e. The van der Waals surface area contributed by atoms with Crippen molar-refractivity contribution in [3.63, 3.8) is 0 Å². The molecular weight excluding hydrogens is 472 g/mol. The summed E-state index contributed by atoms with van der Waals surface area (Å²) in [6, 6.07) is 16.9. The summed E-state index contributed by atoms with van der Waals surface area (Å²) in [5.41, 5.74) is 4.01. The maximum absolute atomic E-state index is 13.2. The molecule has 0 saturated heterocycles. The Hall–Kier alpha value is -3.29. The minimum Gasteiger partial charge on any atom is -0.545 e. The zero-order valence-corrected chi connectivity index (χ0v) is 19.9. The Morgan fingerprint density at radius 1 is 1.12 bits per heavy atom. The van der Waals surface area contributed by atoms with E-state index in [2.05, 4.69) is 22.2 Å². The fourth-order valence-electron chi connectivity index (χ4n) is 4.82. The average Bonchev–Trinajstić information content (AvgIpc) is 3.31. The second-order valence-corrected chi connectivity index (χ2v) is 10.7. The van der Waals surface area contributed by atoms with Crippen molar-refractivity contribution in [3.8, 4) is 0 Å². The van der Waals surface area contributed by atoms with Gasteiger partial charge >= 0.3 is 0 Å². The molecule has 5 rings (SSSR count). The lowest BCUT2D eigenvalue weighted by atomic mass is 9.77. The number of sulfonamides is 1. The number of carbonyl (C=O) groups is 1. The summed E-state index contributed by atoms with van der Waals surface area (Å²) in [4.78, 5) is 11.3. The first-order chi connectivity index (χ1) is 16.2. The molecule has 3 atom stereocenters. The quantitative estimate of drug-likeness (QED) is 0.504. The first kappa shape index (κ1) is 22.5. The Kier molecular flexibility index (Phi) is 5.62. The molecule has 3 aromatic rings. The van der Waals surface area contributed by atoms with Crippen LogP contribution in [0.3, 0.4) is 0 Å². The van der Waals surface area contributed by atoms with Crippen molar-refractivity contribution in [3.05, 3.63) is 100 Å². The normalized spacial score (nSPS) is 20.8. The van der Waals surface area contributed by atoms with E-state index in [-0.39, 0.29) is 28.3 Å². The minimum absolute atomic E-state index is 0.0296. The number of carbonyl (C=O) groups excluding carboxylic acids is 1. The maximum atomic E-state index is 13.2. The molecule has 34 heavy (non-hydrogen) atoms. The Bertz CT molecular complexity index is 1420. The van der Waals surface area contributed by atoms with Crippen molar-refractivity contribution in [2.75, 3.05) is 10.0 Å². The molecule has 0 amide bonds. The molecule has 0 spiro atoms. The van der Waals surface area contributed by atoms with E-state index in [4.69, 9.17) is 11.6 Å². The molecule has 3 aromatic carbocycles. The Morgan fingerprint density at radius 3 is 2.62 bits per heavy atom. The number of halogens is 1. The van der Waals surface area contributed by atoms with Gasteiger partial charge in [0, 0.05) is 16.6 Å². The van der Waals surface area contributed by atoms with Gasteiger partial charge in [-0.1, -0.05) is 54.1 Å². The van der Waals surface area contributed by atoms with Crippen LogP contribution in [0.15, 0.2) is 77.7 Å². The van der Waals surface area contributed by atoms with Crippen molar-refractivity contribution in [1.29, 1.82) is 0 Å². The van der Waals surface area contributed by atoms with Crippen LogP contribution in [0.1, 0.15) is 45.4 Å². The number of fused-ring (bicyclic) bond motifs is 3. The Labute approximate surface area is 203 Å². The van der Waals surface area contributed by atoms with E-state index < -0.39 is 16.0 Å². The van der Waals surface area contributed by atoms with Gasteiger partial charge in [-0.25, -0.2) is 8.42 Å². The number of hydrogen-bond donors (Lipinski definition) is 2. The first-order valence-electron chi connectivity index (χ1n) is 10.9. The third kappa shape index (κ3) is 3.95. The van der Waals surface area contributed by atoms with Gasteiger partial charge in [0.15, 0.2) is 0 Å². The number of hydrogen-bond acceptors (Lipinski definition) is 5. The number of allylic oxidation sites excluding steroid dienone is 2. The summed E-state index contributed by atoms with van der Waals surface area (Å²) in [7, 11) is -3.82. The molecule has 2 aliphatic rings. The van der Waals surface area contributed by atoms with Crippen LogP contribution >= 0.6 is 11.6 Å². The SMILES string of the molecule is Cc1c(Cl)cccc1NS(=O)(=O)c1ccc2c(c1)[C@H]1C=CC[C@H]1[C@@H](c1ccc(C(=O)[O-])cc1)N2. The third-order valence-corrected chi connectivity index (χ3v) is 8.43. The number of benzene rings is 3. The predicted molar refractivity (Wildman–Crippen MR) is 131 cm³/mol. The number of rotatable bonds is 5. The molecule has 1 aliphatic heterocycles. The molecule has 2 N–H and O–H groups in total. The summed E-state index contributed by atoms with van der Waals surface area (Å²) in [5, 5.41) is 15.1. The lowest BCUT2D eigenvalue weighted by Gasteiger charge is -2.37. The predicted octanol–water partition coefficient (Wildman–Crippen LogP) is 4.64.